The molecule has 0 saturated carbocycles. The molecule has 0 aliphatic rings. The van der Waals surface area contributed by atoms with E-state index in [0.29, 0.717) is 16.8 Å². The number of hydrogen-bond acceptors (Lipinski definition) is 3. The molecule has 0 atom stereocenters. The summed E-state index contributed by atoms with van der Waals surface area (Å²) in [6, 6.07) is 3.34. The van der Waals surface area contributed by atoms with Gasteiger partial charge in [-0.1, -0.05) is 0 Å². The maximum atomic E-state index is 11.3. The fraction of sp³-hybridized carbons (Fsp3) is 0.333. The monoisotopic (exact) mass is 243 g/mol. The minimum absolute atomic E-state index is 0.311. The predicted octanol–water partition coefficient (Wildman–Crippen LogP) is 2.33. The Kier molecular flexibility index (Phi) is 3.42. The Labute approximate surface area is 85.3 Å². The first kappa shape index (κ1) is 10.2. The van der Waals surface area contributed by atoms with Crippen molar-refractivity contribution in [1.82, 2.24) is 4.98 Å². The molecule has 70 valence electrons. The molecule has 1 aromatic rings. The second kappa shape index (κ2) is 4.37. The van der Waals surface area contributed by atoms with Crippen molar-refractivity contribution in [1.29, 1.82) is 0 Å². The summed E-state index contributed by atoms with van der Waals surface area (Å²) in [4.78, 5) is 15.4. The van der Waals surface area contributed by atoms with E-state index in [1.165, 1.54) is 0 Å². The molecule has 0 spiro atoms. The number of rotatable bonds is 2. The van der Waals surface area contributed by atoms with Gasteiger partial charge in [0.25, 0.3) is 0 Å². The number of carbonyl (C=O) groups is 1. The predicted molar refractivity (Wildman–Crippen MR) is 52.6 cm³/mol. The first-order valence-electron chi connectivity index (χ1n) is 3.94. The number of pyridine rings is 1. The van der Waals surface area contributed by atoms with Gasteiger partial charge in [0, 0.05) is 5.69 Å². The van der Waals surface area contributed by atoms with E-state index < -0.39 is 0 Å². The van der Waals surface area contributed by atoms with Crippen LogP contribution in [0.4, 0.5) is 0 Å². The lowest BCUT2D eigenvalue weighted by Crippen LogP contribution is -2.05. The van der Waals surface area contributed by atoms with Crippen molar-refractivity contribution in [2.75, 3.05) is 6.61 Å². The number of aryl methyl sites for hydroxylation is 1. The van der Waals surface area contributed by atoms with Crippen LogP contribution in [0.1, 0.15) is 23.0 Å². The summed E-state index contributed by atoms with van der Waals surface area (Å²) < 4.78 is 5.50. The molecule has 0 aliphatic heterocycles. The van der Waals surface area contributed by atoms with E-state index in [0.717, 1.165) is 5.69 Å². The number of aromatic nitrogens is 1. The Morgan fingerprint density at radius 1 is 1.62 bits per heavy atom. The van der Waals surface area contributed by atoms with Crippen molar-refractivity contribution >= 4 is 21.9 Å². The fourth-order valence-electron chi connectivity index (χ4n) is 0.960. The van der Waals surface area contributed by atoms with Gasteiger partial charge in [0.15, 0.2) is 0 Å². The van der Waals surface area contributed by atoms with E-state index >= 15 is 0 Å². The largest absolute Gasteiger partial charge is 0.462 e. The number of ether oxygens (including phenoxy) is 1. The van der Waals surface area contributed by atoms with Crippen molar-refractivity contribution in [2.24, 2.45) is 0 Å². The van der Waals surface area contributed by atoms with Crippen LogP contribution in [0, 0.1) is 6.92 Å². The van der Waals surface area contributed by atoms with Gasteiger partial charge in [0.2, 0.25) is 0 Å². The quantitative estimate of drug-likeness (QED) is 0.592. The summed E-state index contributed by atoms with van der Waals surface area (Å²) in [5.74, 6) is -0.311. The van der Waals surface area contributed by atoms with Crippen LogP contribution in [0.5, 0.6) is 0 Å². The summed E-state index contributed by atoms with van der Waals surface area (Å²) in [5.41, 5.74) is 1.32. The maximum Gasteiger partial charge on any atom is 0.338 e. The molecule has 4 heteroatoms. The molecule has 0 bridgehead atoms. The van der Waals surface area contributed by atoms with Crippen molar-refractivity contribution in [3.63, 3.8) is 0 Å². The first-order chi connectivity index (χ1) is 6.13. The maximum absolute atomic E-state index is 11.3. The van der Waals surface area contributed by atoms with Crippen LogP contribution >= 0.6 is 15.9 Å². The topological polar surface area (TPSA) is 39.2 Å². The first-order valence-corrected chi connectivity index (χ1v) is 4.74. The molecule has 13 heavy (non-hydrogen) atoms. The highest BCUT2D eigenvalue weighted by atomic mass is 79.9. The fourth-order valence-corrected chi connectivity index (χ4v) is 1.49. The van der Waals surface area contributed by atoms with E-state index in [4.69, 9.17) is 4.74 Å². The average Bonchev–Trinajstić information content (AvgIpc) is 2.03. The summed E-state index contributed by atoms with van der Waals surface area (Å²) in [6.45, 7) is 3.99. The minimum Gasteiger partial charge on any atom is -0.462 e. The van der Waals surface area contributed by atoms with E-state index in [1.54, 1.807) is 19.1 Å². The summed E-state index contributed by atoms with van der Waals surface area (Å²) in [5, 5.41) is 0. The van der Waals surface area contributed by atoms with Crippen LogP contribution < -0.4 is 0 Å². The van der Waals surface area contributed by atoms with Gasteiger partial charge in [-0.05, 0) is 41.9 Å². The van der Waals surface area contributed by atoms with Crippen LogP contribution in [0.2, 0.25) is 0 Å². The normalized spacial score (nSPS) is 9.77. The summed E-state index contributed by atoms with van der Waals surface area (Å²) >= 11 is 3.21. The van der Waals surface area contributed by atoms with Gasteiger partial charge in [-0.15, -0.1) is 0 Å². The number of esters is 1. The molecule has 1 aromatic heterocycles. The Hall–Kier alpha value is -0.900. The Morgan fingerprint density at radius 2 is 2.31 bits per heavy atom. The average molecular weight is 244 g/mol. The molecule has 0 aromatic carbocycles. The van der Waals surface area contributed by atoms with Crippen LogP contribution in [-0.4, -0.2) is 17.6 Å². The van der Waals surface area contributed by atoms with Gasteiger partial charge >= 0.3 is 5.97 Å². The lowest BCUT2D eigenvalue weighted by molar-refractivity contribution is 0.0526. The van der Waals surface area contributed by atoms with Gasteiger partial charge in [-0.2, -0.15) is 0 Å². The van der Waals surface area contributed by atoms with Crippen LogP contribution in [-0.2, 0) is 4.74 Å². The highest BCUT2D eigenvalue weighted by molar-refractivity contribution is 9.10. The zero-order valence-corrected chi connectivity index (χ0v) is 9.09. The molecule has 0 saturated heterocycles. The number of nitrogens with zero attached hydrogens (tertiary/aromatic N) is 1. The van der Waals surface area contributed by atoms with E-state index in [2.05, 4.69) is 20.9 Å². The molecule has 0 aliphatic carbocycles. The minimum atomic E-state index is -0.311. The molecule has 1 heterocycles. The van der Waals surface area contributed by atoms with Gasteiger partial charge in [-0.3, -0.25) is 0 Å². The van der Waals surface area contributed by atoms with Crippen LogP contribution in [0.25, 0.3) is 0 Å². The highest BCUT2D eigenvalue weighted by Crippen LogP contribution is 2.11. The summed E-state index contributed by atoms with van der Waals surface area (Å²) in [6.07, 6.45) is 0. The molecule has 3 nitrogen and oxygen atoms in total. The lowest BCUT2D eigenvalue weighted by Gasteiger charge is -2.02. The third-order valence-corrected chi connectivity index (χ3v) is 1.84. The van der Waals surface area contributed by atoms with Crippen molar-refractivity contribution in [2.45, 2.75) is 13.8 Å². The van der Waals surface area contributed by atoms with Crippen molar-refractivity contribution in [3.8, 4) is 0 Å². The second-order valence-corrected chi connectivity index (χ2v) is 3.35. The molecule has 0 amide bonds. The van der Waals surface area contributed by atoms with Crippen LogP contribution in [0.3, 0.4) is 0 Å². The second-order valence-electron chi connectivity index (χ2n) is 2.54. The van der Waals surface area contributed by atoms with E-state index in [1.807, 2.05) is 6.92 Å². The molecular weight excluding hydrogens is 234 g/mol. The molecule has 0 radical (unpaired) electrons. The Balaban J connectivity index is 2.94. The standard InChI is InChI=1S/C9H10BrNO2/c1-3-13-9(12)7-4-6(2)11-8(10)5-7/h4-5H,3H2,1-2H3. The van der Waals surface area contributed by atoms with Crippen molar-refractivity contribution < 1.29 is 9.53 Å². The number of carbonyl (C=O) groups excluding carboxylic acids is 1. The van der Waals surface area contributed by atoms with Gasteiger partial charge in [-0.25, -0.2) is 9.78 Å². The zero-order valence-electron chi connectivity index (χ0n) is 7.50. The zero-order chi connectivity index (χ0) is 9.84. The molecule has 0 fully saturated rings. The number of halogens is 1. The lowest BCUT2D eigenvalue weighted by atomic mass is 10.2. The van der Waals surface area contributed by atoms with E-state index in [9.17, 15) is 4.79 Å². The third kappa shape index (κ3) is 2.81. The highest BCUT2D eigenvalue weighted by Gasteiger charge is 2.07. The molecule has 0 N–H and O–H groups in total. The number of hydrogen-bond donors (Lipinski definition) is 0. The molecule has 0 unspecified atom stereocenters. The smallest absolute Gasteiger partial charge is 0.338 e. The Morgan fingerprint density at radius 3 is 2.85 bits per heavy atom. The molecular formula is C9H10BrNO2. The van der Waals surface area contributed by atoms with Crippen molar-refractivity contribution in [3.05, 3.63) is 28.0 Å². The SMILES string of the molecule is CCOC(=O)c1cc(C)nc(Br)c1. The van der Waals surface area contributed by atoms with Gasteiger partial charge in [0.1, 0.15) is 4.60 Å². The molecule has 1 rings (SSSR count). The van der Waals surface area contributed by atoms with Gasteiger partial charge < -0.3 is 4.74 Å². The van der Waals surface area contributed by atoms with Crippen LogP contribution in [0.15, 0.2) is 16.7 Å². The van der Waals surface area contributed by atoms with Gasteiger partial charge in [0.05, 0.1) is 12.2 Å². The summed E-state index contributed by atoms with van der Waals surface area (Å²) in [7, 11) is 0. The van der Waals surface area contributed by atoms with E-state index in [-0.39, 0.29) is 5.97 Å². The third-order valence-electron chi connectivity index (χ3n) is 1.43. The Bertz CT molecular complexity index is 305.